The highest BCUT2D eigenvalue weighted by Crippen LogP contribution is 2.19. The average molecular weight is 252 g/mol. The zero-order chi connectivity index (χ0) is 13.7. The number of methoxy groups -OCH3 is 1. The summed E-state index contributed by atoms with van der Waals surface area (Å²) in [5.74, 6) is -1.49. The number of para-hydroxylation sites is 1. The van der Waals surface area contributed by atoms with Crippen LogP contribution < -0.4 is 10.6 Å². The number of carbonyl (C=O) groups is 2. The summed E-state index contributed by atoms with van der Waals surface area (Å²) in [4.78, 5) is 24.2. The van der Waals surface area contributed by atoms with Gasteiger partial charge < -0.3 is 20.5 Å². The highest BCUT2D eigenvalue weighted by Gasteiger charge is 2.22. The van der Waals surface area contributed by atoms with E-state index in [1.54, 1.807) is 18.2 Å². The van der Waals surface area contributed by atoms with Crippen molar-refractivity contribution in [2.75, 3.05) is 25.7 Å². The van der Waals surface area contributed by atoms with Crippen molar-refractivity contribution in [1.29, 1.82) is 0 Å². The van der Waals surface area contributed by atoms with Gasteiger partial charge in [-0.2, -0.15) is 0 Å². The number of benzene rings is 1. The first kappa shape index (κ1) is 14.1. The normalized spacial score (nSPS) is 11.9. The molecular formula is C12H16N2O4. The number of hydrogen-bond donors (Lipinski definition) is 2. The van der Waals surface area contributed by atoms with E-state index in [1.807, 2.05) is 0 Å². The lowest BCUT2D eigenvalue weighted by atomic mass is 10.1. The molecule has 1 aromatic rings. The third-order valence-corrected chi connectivity index (χ3v) is 2.49. The van der Waals surface area contributed by atoms with Gasteiger partial charge in [-0.3, -0.25) is 4.79 Å². The number of rotatable bonds is 5. The number of carboxylic acids is 1. The van der Waals surface area contributed by atoms with E-state index in [2.05, 4.69) is 0 Å². The van der Waals surface area contributed by atoms with Gasteiger partial charge in [0, 0.05) is 14.2 Å². The average Bonchev–Trinajstić information content (AvgIpc) is 2.37. The lowest BCUT2D eigenvalue weighted by molar-refractivity contribution is -0.120. The van der Waals surface area contributed by atoms with Crippen LogP contribution in [0.5, 0.6) is 0 Å². The first-order valence-electron chi connectivity index (χ1n) is 5.33. The van der Waals surface area contributed by atoms with E-state index in [9.17, 15) is 9.59 Å². The Hall–Kier alpha value is -1.92. The maximum Gasteiger partial charge on any atom is 0.337 e. The van der Waals surface area contributed by atoms with Gasteiger partial charge in [-0.1, -0.05) is 12.1 Å². The summed E-state index contributed by atoms with van der Waals surface area (Å²) in [5.41, 5.74) is 5.99. The summed E-state index contributed by atoms with van der Waals surface area (Å²) in [5, 5.41) is 9.04. The van der Waals surface area contributed by atoms with E-state index in [0.29, 0.717) is 5.69 Å². The molecule has 3 N–H and O–H groups in total. The highest BCUT2D eigenvalue weighted by molar-refractivity contribution is 6.03. The van der Waals surface area contributed by atoms with Crippen molar-refractivity contribution in [3.63, 3.8) is 0 Å². The van der Waals surface area contributed by atoms with E-state index in [-0.39, 0.29) is 12.2 Å². The van der Waals surface area contributed by atoms with Gasteiger partial charge in [0.05, 0.1) is 17.9 Å². The van der Waals surface area contributed by atoms with Crippen LogP contribution in [-0.2, 0) is 9.53 Å². The highest BCUT2D eigenvalue weighted by atomic mass is 16.5. The van der Waals surface area contributed by atoms with Crippen molar-refractivity contribution in [1.82, 2.24) is 0 Å². The molecule has 0 fully saturated rings. The summed E-state index contributed by atoms with van der Waals surface area (Å²) in [7, 11) is 2.93. The van der Waals surface area contributed by atoms with Crippen molar-refractivity contribution in [3.8, 4) is 0 Å². The number of amides is 1. The maximum atomic E-state index is 11.9. The molecule has 1 atom stereocenters. The van der Waals surface area contributed by atoms with Crippen molar-refractivity contribution in [3.05, 3.63) is 29.8 Å². The van der Waals surface area contributed by atoms with E-state index in [0.717, 1.165) is 0 Å². The van der Waals surface area contributed by atoms with Crippen LogP contribution in [0.4, 0.5) is 5.69 Å². The van der Waals surface area contributed by atoms with Crippen LogP contribution in [0.1, 0.15) is 10.4 Å². The largest absolute Gasteiger partial charge is 0.478 e. The first-order chi connectivity index (χ1) is 8.49. The molecule has 1 unspecified atom stereocenters. The number of nitrogens with zero attached hydrogens (tertiary/aromatic N) is 1. The van der Waals surface area contributed by atoms with Crippen molar-refractivity contribution in [2.45, 2.75) is 6.04 Å². The monoisotopic (exact) mass is 252 g/mol. The minimum Gasteiger partial charge on any atom is -0.478 e. The molecule has 0 spiro atoms. The van der Waals surface area contributed by atoms with Crippen LogP contribution in [0.3, 0.4) is 0 Å². The number of hydrogen-bond acceptors (Lipinski definition) is 4. The number of carbonyl (C=O) groups excluding carboxylic acids is 1. The lowest BCUT2D eigenvalue weighted by Crippen LogP contribution is -2.44. The zero-order valence-electron chi connectivity index (χ0n) is 10.3. The molecule has 18 heavy (non-hydrogen) atoms. The predicted octanol–water partition coefficient (Wildman–Crippen LogP) is 0.321. The molecule has 0 aromatic heterocycles. The third kappa shape index (κ3) is 3.06. The molecule has 0 saturated heterocycles. The fraction of sp³-hybridized carbons (Fsp3) is 0.333. The fourth-order valence-electron chi connectivity index (χ4n) is 1.57. The van der Waals surface area contributed by atoms with Gasteiger partial charge in [-0.05, 0) is 12.1 Å². The second kappa shape index (κ2) is 6.13. The summed E-state index contributed by atoms with van der Waals surface area (Å²) < 4.78 is 4.80. The molecule has 0 saturated carbocycles. The van der Waals surface area contributed by atoms with Gasteiger partial charge in [0.15, 0.2) is 0 Å². The zero-order valence-corrected chi connectivity index (χ0v) is 10.3. The Kier molecular flexibility index (Phi) is 4.82. The van der Waals surface area contributed by atoms with Gasteiger partial charge in [-0.15, -0.1) is 0 Å². The molecule has 0 heterocycles. The number of ether oxygens (including phenoxy) is 1. The molecule has 1 amide bonds. The second-order valence-corrected chi connectivity index (χ2v) is 3.78. The predicted molar refractivity (Wildman–Crippen MR) is 66.7 cm³/mol. The Bertz CT molecular complexity index is 447. The van der Waals surface area contributed by atoms with E-state index >= 15 is 0 Å². The van der Waals surface area contributed by atoms with E-state index in [1.165, 1.54) is 25.1 Å². The molecule has 98 valence electrons. The minimum atomic E-state index is -1.09. The molecule has 0 aliphatic carbocycles. The fourth-order valence-corrected chi connectivity index (χ4v) is 1.57. The maximum absolute atomic E-state index is 11.9. The Morgan fingerprint density at radius 1 is 1.44 bits per heavy atom. The Labute approximate surface area is 105 Å². The summed E-state index contributed by atoms with van der Waals surface area (Å²) >= 11 is 0. The van der Waals surface area contributed by atoms with Gasteiger partial charge in [-0.25, -0.2) is 4.79 Å². The van der Waals surface area contributed by atoms with Crippen molar-refractivity contribution >= 4 is 17.6 Å². The molecule has 1 rings (SSSR count). The van der Waals surface area contributed by atoms with Gasteiger partial charge in [0.25, 0.3) is 0 Å². The van der Waals surface area contributed by atoms with Crippen LogP contribution in [0, 0.1) is 0 Å². The Balaban J connectivity index is 3.00. The quantitative estimate of drug-likeness (QED) is 0.787. The Morgan fingerprint density at radius 2 is 2.06 bits per heavy atom. The van der Waals surface area contributed by atoms with Gasteiger partial charge in [0.2, 0.25) is 5.91 Å². The number of carboxylic acid groups (broad SMARTS) is 1. The van der Waals surface area contributed by atoms with Crippen molar-refractivity contribution in [2.24, 2.45) is 5.73 Å². The topological polar surface area (TPSA) is 92.9 Å². The molecule has 0 aliphatic heterocycles. The summed E-state index contributed by atoms with van der Waals surface area (Å²) in [6, 6.07) is 5.43. The van der Waals surface area contributed by atoms with Gasteiger partial charge in [0.1, 0.15) is 6.04 Å². The third-order valence-electron chi connectivity index (χ3n) is 2.49. The van der Waals surface area contributed by atoms with E-state index in [4.69, 9.17) is 15.6 Å². The molecule has 1 aromatic carbocycles. The molecule has 0 radical (unpaired) electrons. The number of anilines is 1. The number of aromatic carboxylic acids is 1. The summed E-state index contributed by atoms with van der Waals surface area (Å²) in [6.07, 6.45) is 0. The van der Waals surface area contributed by atoms with Crippen LogP contribution in [0.2, 0.25) is 0 Å². The smallest absolute Gasteiger partial charge is 0.337 e. The Morgan fingerprint density at radius 3 is 2.61 bits per heavy atom. The van der Waals surface area contributed by atoms with Gasteiger partial charge >= 0.3 is 5.97 Å². The molecule has 6 nitrogen and oxygen atoms in total. The van der Waals surface area contributed by atoms with Crippen molar-refractivity contribution < 1.29 is 19.4 Å². The van der Waals surface area contributed by atoms with Crippen LogP contribution >= 0.6 is 0 Å². The second-order valence-electron chi connectivity index (χ2n) is 3.78. The molecule has 6 heteroatoms. The standard InChI is InChI=1S/C12H16N2O4/c1-14(11(15)9(13)7-18-2)10-6-4-3-5-8(10)12(16)17/h3-6,9H,7,13H2,1-2H3,(H,16,17). The van der Waals surface area contributed by atoms with Crippen LogP contribution in [0.25, 0.3) is 0 Å². The minimum absolute atomic E-state index is 0.0537. The molecular weight excluding hydrogens is 236 g/mol. The van der Waals surface area contributed by atoms with E-state index < -0.39 is 17.9 Å². The SMILES string of the molecule is COCC(N)C(=O)N(C)c1ccccc1C(=O)O. The van der Waals surface area contributed by atoms with Crippen LogP contribution in [-0.4, -0.2) is 43.8 Å². The number of nitrogens with two attached hydrogens (primary N) is 1. The molecule has 0 bridgehead atoms. The first-order valence-corrected chi connectivity index (χ1v) is 5.33. The summed E-state index contributed by atoms with van der Waals surface area (Å²) in [6.45, 7) is 0.0818. The molecule has 0 aliphatic rings. The van der Waals surface area contributed by atoms with Crippen LogP contribution in [0.15, 0.2) is 24.3 Å². The lowest BCUT2D eigenvalue weighted by Gasteiger charge is -2.22. The number of likely N-dealkylation sites (N-methyl/N-ethyl adjacent to an activating group) is 1.